The lowest BCUT2D eigenvalue weighted by molar-refractivity contribution is 0.190. The van der Waals surface area contributed by atoms with E-state index in [0.29, 0.717) is 0 Å². The highest BCUT2D eigenvalue weighted by Crippen LogP contribution is 2.25. The van der Waals surface area contributed by atoms with Crippen LogP contribution in [0.2, 0.25) is 0 Å². The molecule has 0 unspecified atom stereocenters. The number of benzene rings is 2. The zero-order valence-corrected chi connectivity index (χ0v) is 18.6. The van der Waals surface area contributed by atoms with Crippen molar-refractivity contribution in [1.29, 1.82) is 0 Å². The fourth-order valence-electron chi connectivity index (χ4n) is 4.23. The van der Waals surface area contributed by atoms with Gasteiger partial charge in [0.1, 0.15) is 0 Å². The van der Waals surface area contributed by atoms with Gasteiger partial charge in [-0.1, -0.05) is 30.3 Å². The Morgan fingerprint density at radius 1 is 1.03 bits per heavy atom. The molecule has 0 radical (unpaired) electrons. The Balaban J connectivity index is 1.24. The van der Waals surface area contributed by atoms with E-state index in [9.17, 15) is 4.79 Å². The summed E-state index contributed by atoms with van der Waals surface area (Å²) in [4.78, 5) is 17.4. The first kappa shape index (κ1) is 21.1. The zero-order chi connectivity index (χ0) is 20.8. The molecule has 2 aliphatic heterocycles. The molecule has 2 saturated heterocycles. The van der Waals surface area contributed by atoms with Crippen molar-refractivity contribution in [2.24, 2.45) is 0 Å². The van der Waals surface area contributed by atoms with Gasteiger partial charge in [0.2, 0.25) is 0 Å². The first-order valence-corrected chi connectivity index (χ1v) is 12.1. The number of thioether (sulfide) groups is 1. The maximum atomic E-state index is 12.5. The number of urea groups is 1. The molecule has 160 valence electrons. The molecular formula is C24H32N4OS. The summed E-state index contributed by atoms with van der Waals surface area (Å²) in [5, 5.41) is 6.22. The minimum atomic E-state index is -0.0956. The Kier molecular flexibility index (Phi) is 7.18. The first-order valence-electron chi connectivity index (χ1n) is 10.9. The number of aryl methyl sites for hydroxylation is 1. The number of carbonyl (C=O) groups excluding carboxylic acids is 1. The van der Waals surface area contributed by atoms with Gasteiger partial charge in [-0.05, 0) is 49.1 Å². The van der Waals surface area contributed by atoms with Gasteiger partial charge in [0.25, 0.3) is 0 Å². The second-order valence-electron chi connectivity index (χ2n) is 8.23. The van der Waals surface area contributed by atoms with Crippen LogP contribution >= 0.6 is 11.8 Å². The summed E-state index contributed by atoms with van der Waals surface area (Å²) >= 11 is 2.02. The highest BCUT2D eigenvalue weighted by Gasteiger charge is 2.21. The Bertz CT molecular complexity index is 830. The minimum Gasteiger partial charge on any atom is -0.370 e. The summed E-state index contributed by atoms with van der Waals surface area (Å²) in [5.74, 6) is 2.37. The molecule has 2 aliphatic rings. The van der Waals surface area contributed by atoms with Gasteiger partial charge < -0.3 is 15.5 Å². The molecule has 0 bridgehead atoms. The molecule has 6 heteroatoms. The number of anilines is 2. The maximum absolute atomic E-state index is 12.5. The van der Waals surface area contributed by atoms with Crippen molar-refractivity contribution < 1.29 is 4.79 Å². The summed E-state index contributed by atoms with van der Waals surface area (Å²) in [6.07, 6.45) is 1.98. The summed E-state index contributed by atoms with van der Waals surface area (Å²) in [6, 6.07) is 17.1. The van der Waals surface area contributed by atoms with E-state index >= 15 is 0 Å². The van der Waals surface area contributed by atoms with Crippen molar-refractivity contribution >= 4 is 29.2 Å². The van der Waals surface area contributed by atoms with E-state index in [4.69, 9.17) is 0 Å². The van der Waals surface area contributed by atoms with Crippen LogP contribution in [0.5, 0.6) is 0 Å². The van der Waals surface area contributed by atoms with Crippen LogP contribution in [0.4, 0.5) is 16.2 Å². The standard InChI is InChI=1S/C24H32N4OS/c1-19-17-22(28-13-15-30-16-14-28)7-8-23(19)26-24(29)25-21-9-11-27(12-10-21)18-20-5-3-2-4-6-20/h2-8,17,21H,9-16,18H2,1H3,(H2,25,26,29). The molecule has 30 heavy (non-hydrogen) atoms. The quantitative estimate of drug-likeness (QED) is 0.750. The molecule has 2 N–H and O–H groups in total. The highest BCUT2D eigenvalue weighted by atomic mass is 32.2. The van der Waals surface area contributed by atoms with Crippen molar-refractivity contribution in [2.45, 2.75) is 32.4 Å². The molecule has 4 rings (SSSR count). The van der Waals surface area contributed by atoms with Gasteiger partial charge in [0, 0.05) is 61.6 Å². The van der Waals surface area contributed by atoms with Crippen LogP contribution in [0, 0.1) is 6.92 Å². The summed E-state index contributed by atoms with van der Waals surface area (Å²) in [5.41, 5.74) is 4.61. The minimum absolute atomic E-state index is 0.0956. The fourth-order valence-corrected chi connectivity index (χ4v) is 5.13. The number of hydrogen-bond donors (Lipinski definition) is 2. The number of hydrogen-bond acceptors (Lipinski definition) is 4. The second kappa shape index (κ2) is 10.2. The normalized spacial score (nSPS) is 18.2. The van der Waals surface area contributed by atoms with Gasteiger partial charge in [0.05, 0.1) is 0 Å². The Morgan fingerprint density at radius 3 is 2.47 bits per heavy atom. The van der Waals surface area contributed by atoms with Gasteiger partial charge >= 0.3 is 6.03 Å². The van der Waals surface area contributed by atoms with Gasteiger partial charge in [0.15, 0.2) is 0 Å². The number of amides is 2. The number of nitrogens with one attached hydrogen (secondary N) is 2. The van der Waals surface area contributed by atoms with Crippen LogP contribution in [0.15, 0.2) is 48.5 Å². The molecule has 0 saturated carbocycles. The molecule has 0 aliphatic carbocycles. The third kappa shape index (κ3) is 5.70. The smallest absolute Gasteiger partial charge is 0.319 e. The van der Waals surface area contributed by atoms with Crippen molar-refractivity contribution in [3.8, 4) is 0 Å². The number of rotatable bonds is 5. The first-order chi connectivity index (χ1) is 14.7. The topological polar surface area (TPSA) is 47.6 Å². The average Bonchev–Trinajstić information content (AvgIpc) is 2.78. The third-order valence-electron chi connectivity index (χ3n) is 6.01. The predicted molar refractivity (Wildman–Crippen MR) is 128 cm³/mol. The molecule has 0 aromatic heterocycles. The molecule has 0 atom stereocenters. The van der Waals surface area contributed by atoms with E-state index in [-0.39, 0.29) is 12.1 Å². The van der Waals surface area contributed by atoms with Gasteiger partial charge in [-0.2, -0.15) is 11.8 Å². The number of carbonyl (C=O) groups is 1. The molecule has 2 amide bonds. The maximum Gasteiger partial charge on any atom is 0.319 e. The number of likely N-dealkylation sites (tertiary alicyclic amines) is 1. The molecule has 5 nitrogen and oxygen atoms in total. The van der Waals surface area contributed by atoms with Gasteiger partial charge in [-0.25, -0.2) is 4.79 Å². The van der Waals surface area contributed by atoms with Crippen molar-refractivity contribution in [1.82, 2.24) is 10.2 Å². The lowest BCUT2D eigenvalue weighted by atomic mass is 10.0. The second-order valence-corrected chi connectivity index (χ2v) is 9.46. The van der Waals surface area contributed by atoms with Gasteiger partial charge in [-0.15, -0.1) is 0 Å². The lowest BCUT2D eigenvalue weighted by Crippen LogP contribution is -2.45. The molecule has 0 spiro atoms. The van der Waals surface area contributed by atoms with Crippen LogP contribution in [-0.4, -0.2) is 54.7 Å². The third-order valence-corrected chi connectivity index (χ3v) is 6.95. The van der Waals surface area contributed by atoms with E-state index < -0.39 is 0 Å². The summed E-state index contributed by atoms with van der Waals surface area (Å²) in [7, 11) is 0. The number of piperidine rings is 1. The van der Waals surface area contributed by atoms with Crippen LogP contribution < -0.4 is 15.5 Å². The van der Waals surface area contributed by atoms with E-state index in [1.54, 1.807) is 0 Å². The highest BCUT2D eigenvalue weighted by molar-refractivity contribution is 7.99. The van der Waals surface area contributed by atoms with Crippen LogP contribution in [-0.2, 0) is 6.54 Å². The SMILES string of the molecule is Cc1cc(N2CCSCC2)ccc1NC(=O)NC1CCN(Cc2ccccc2)CC1. The van der Waals surface area contributed by atoms with Crippen molar-refractivity contribution in [3.63, 3.8) is 0 Å². The van der Waals surface area contributed by atoms with E-state index in [1.807, 2.05) is 17.8 Å². The molecule has 2 fully saturated rings. The molecule has 2 aromatic carbocycles. The van der Waals surface area contributed by atoms with E-state index in [1.165, 1.54) is 22.8 Å². The Morgan fingerprint density at radius 2 is 1.77 bits per heavy atom. The summed E-state index contributed by atoms with van der Waals surface area (Å²) in [6.45, 7) is 7.28. The molecule has 2 aromatic rings. The zero-order valence-electron chi connectivity index (χ0n) is 17.8. The Labute approximate surface area is 184 Å². The van der Waals surface area contributed by atoms with Crippen molar-refractivity contribution in [2.75, 3.05) is 47.9 Å². The lowest BCUT2D eigenvalue weighted by Gasteiger charge is -2.32. The van der Waals surface area contributed by atoms with E-state index in [2.05, 4.69) is 69.8 Å². The van der Waals surface area contributed by atoms with Crippen LogP contribution in [0.3, 0.4) is 0 Å². The fraction of sp³-hybridized carbons (Fsp3) is 0.458. The average molecular weight is 425 g/mol. The summed E-state index contributed by atoms with van der Waals surface area (Å²) < 4.78 is 0. The largest absolute Gasteiger partial charge is 0.370 e. The van der Waals surface area contributed by atoms with Crippen LogP contribution in [0.1, 0.15) is 24.0 Å². The van der Waals surface area contributed by atoms with Crippen molar-refractivity contribution in [3.05, 3.63) is 59.7 Å². The van der Waals surface area contributed by atoms with Crippen LogP contribution in [0.25, 0.3) is 0 Å². The molecule has 2 heterocycles. The Hall–Kier alpha value is -2.18. The van der Waals surface area contributed by atoms with Gasteiger partial charge in [-0.3, -0.25) is 4.90 Å². The molecular weight excluding hydrogens is 392 g/mol. The predicted octanol–water partition coefficient (Wildman–Crippen LogP) is 4.33. The van der Waals surface area contributed by atoms with E-state index in [0.717, 1.165) is 56.8 Å². The number of nitrogens with zero attached hydrogens (tertiary/aromatic N) is 2. The monoisotopic (exact) mass is 424 g/mol.